The van der Waals surface area contributed by atoms with Crippen molar-refractivity contribution >= 4 is 23.2 Å². The molecular weight excluding hydrogens is 364 g/mol. The van der Waals surface area contributed by atoms with Crippen molar-refractivity contribution in [3.63, 3.8) is 0 Å². The molecule has 144 valence electrons. The zero-order chi connectivity index (χ0) is 19.4. The van der Waals surface area contributed by atoms with Crippen LogP contribution in [0.15, 0.2) is 52.0 Å². The molecule has 0 radical (unpaired) electrons. The summed E-state index contributed by atoms with van der Waals surface area (Å²) >= 11 is 5.84. The first-order valence-corrected chi connectivity index (χ1v) is 9.48. The van der Waals surface area contributed by atoms with E-state index >= 15 is 0 Å². The SMILES string of the molecule is CC(C)(C)CC(=O)N(Cc1ccccc1)C[C@@H]1CC(c2ccc(Cl)o2)=NO1. The van der Waals surface area contributed by atoms with Gasteiger partial charge in [-0.25, -0.2) is 0 Å². The van der Waals surface area contributed by atoms with Gasteiger partial charge in [0.1, 0.15) is 5.71 Å². The molecule has 1 atom stereocenters. The Kier molecular flexibility index (Phi) is 5.90. The fraction of sp³-hybridized carbons (Fsp3) is 0.429. The molecule has 1 aromatic heterocycles. The van der Waals surface area contributed by atoms with Gasteiger partial charge in [-0.3, -0.25) is 4.79 Å². The monoisotopic (exact) mass is 388 g/mol. The minimum atomic E-state index is -0.198. The molecule has 27 heavy (non-hydrogen) atoms. The minimum Gasteiger partial charge on any atom is -0.443 e. The molecular formula is C21H25ClN2O3. The Bertz CT molecular complexity index is 808. The van der Waals surface area contributed by atoms with E-state index < -0.39 is 0 Å². The van der Waals surface area contributed by atoms with Gasteiger partial charge in [0.2, 0.25) is 5.91 Å². The highest BCUT2D eigenvalue weighted by molar-refractivity contribution is 6.29. The van der Waals surface area contributed by atoms with Crippen LogP contribution >= 0.6 is 11.6 Å². The third-order valence-corrected chi connectivity index (χ3v) is 4.47. The van der Waals surface area contributed by atoms with Crippen molar-refractivity contribution in [2.45, 2.75) is 46.3 Å². The summed E-state index contributed by atoms with van der Waals surface area (Å²) in [6, 6.07) is 13.4. The molecule has 0 spiro atoms. The van der Waals surface area contributed by atoms with Crippen molar-refractivity contribution in [2.24, 2.45) is 10.6 Å². The van der Waals surface area contributed by atoms with E-state index in [4.69, 9.17) is 20.9 Å². The van der Waals surface area contributed by atoms with Crippen LogP contribution in [0, 0.1) is 5.41 Å². The number of benzene rings is 1. The summed E-state index contributed by atoms with van der Waals surface area (Å²) in [4.78, 5) is 20.3. The summed E-state index contributed by atoms with van der Waals surface area (Å²) in [5, 5.41) is 4.44. The van der Waals surface area contributed by atoms with Crippen LogP contribution in [0.2, 0.25) is 5.22 Å². The highest BCUT2D eigenvalue weighted by Gasteiger charge is 2.29. The lowest BCUT2D eigenvalue weighted by molar-refractivity contribution is -0.135. The number of rotatable bonds is 6. The van der Waals surface area contributed by atoms with Gasteiger partial charge in [0, 0.05) is 19.4 Å². The first kappa shape index (κ1) is 19.5. The molecule has 0 fully saturated rings. The topological polar surface area (TPSA) is 55.0 Å². The zero-order valence-electron chi connectivity index (χ0n) is 15.9. The lowest BCUT2D eigenvalue weighted by atomic mass is 9.91. The Hall–Kier alpha value is -2.27. The number of oxime groups is 1. The molecule has 0 N–H and O–H groups in total. The van der Waals surface area contributed by atoms with Crippen molar-refractivity contribution < 1.29 is 14.0 Å². The molecule has 1 aromatic carbocycles. The maximum absolute atomic E-state index is 12.9. The molecule has 1 aliphatic heterocycles. The summed E-state index contributed by atoms with van der Waals surface area (Å²) < 4.78 is 5.40. The molecule has 0 saturated carbocycles. The molecule has 0 aliphatic carbocycles. The molecule has 0 unspecified atom stereocenters. The minimum absolute atomic E-state index is 0.0743. The van der Waals surface area contributed by atoms with Crippen molar-refractivity contribution in [1.82, 2.24) is 4.90 Å². The van der Waals surface area contributed by atoms with E-state index in [1.807, 2.05) is 35.2 Å². The molecule has 5 nitrogen and oxygen atoms in total. The van der Waals surface area contributed by atoms with E-state index in [2.05, 4.69) is 25.9 Å². The Morgan fingerprint density at radius 1 is 1.22 bits per heavy atom. The van der Waals surface area contributed by atoms with Crippen molar-refractivity contribution in [3.8, 4) is 0 Å². The molecule has 6 heteroatoms. The van der Waals surface area contributed by atoms with Crippen LogP contribution in [0.25, 0.3) is 0 Å². The fourth-order valence-corrected chi connectivity index (χ4v) is 3.16. The zero-order valence-corrected chi connectivity index (χ0v) is 16.7. The first-order chi connectivity index (χ1) is 12.8. The predicted molar refractivity (Wildman–Crippen MR) is 106 cm³/mol. The van der Waals surface area contributed by atoms with E-state index in [-0.39, 0.29) is 17.4 Å². The number of carbonyl (C=O) groups excluding carboxylic acids is 1. The smallest absolute Gasteiger partial charge is 0.223 e. The van der Waals surface area contributed by atoms with Crippen molar-refractivity contribution in [1.29, 1.82) is 0 Å². The predicted octanol–water partition coefficient (Wildman–Crippen LogP) is 4.89. The van der Waals surface area contributed by atoms with E-state index in [9.17, 15) is 4.79 Å². The number of hydrogen-bond donors (Lipinski definition) is 0. The Labute approximate surface area is 164 Å². The quantitative estimate of drug-likeness (QED) is 0.707. The van der Waals surface area contributed by atoms with Gasteiger partial charge in [-0.05, 0) is 34.7 Å². The third kappa shape index (κ3) is 5.60. The number of amides is 1. The lowest BCUT2D eigenvalue weighted by Gasteiger charge is -2.28. The second-order valence-electron chi connectivity index (χ2n) is 8.07. The summed E-state index contributed by atoms with van der Waals surface area (Å²) in [7, 11) is 0. The van der Waals surface area contributed by atoms with Crippen molar-refractivity contribution in [2.75, 3.05) is 6.54 Å². The second kappa shape index (κ2) is 8.17. The standard InChI is InChI=1S/C21H25ClN2O3/c1-21(2,3)12-20(25)24(13-15-7-5-4-6-8-15)14-16-11-17(23-27-16)18-9-10-19(22)26-18/h4-10,16H,11-14H2,1-3H3/t16-/m0/s1. The van der Waals surface area contributed by atoms with Gasteiger partial charge in [-0.2, -0.15) is 0 Å². The Morgan fingerprint density at radius 3 is 2.59 bits per heavy atom. The summed E-state index contributed by atoms with van der Waals surface area (Å²) in [5.74, 6) is 0.725. The van der Waals surface area contributed by atoms with Gasteiger partial charge < -0.3 is 14.2 Å². The second-order valence-corrected chi connectivity index (χ2v) is 8.44. The summed E-state index contributed by atoms with van der Waals surface area (Å²) in [5.41, 5.74) is 1.74. The van der Waals surface area contributed by atoms with Crippen LogP contribution in [-0.2, 0) is 16.2 Å². The first-order valence-electron chi connectivity index (χ1n) is 9.10. The number of nitrogens with zero attached hydrogens (tertiary/aromatic N) is 2. The number of hydrogen-bond acceptors (Lipinski definition) is 4. The van der Waals surface area contributed by atoms with Gasteiger partial charge in [0.05, 0.1) is 6.54 Å². The highest BCUT2D eigenvalue weighted by atomic mass is 35.5. The maximum Gasteiger partial charge on any atom is 0.223 e. The van der Waals surface area contributed by atoms with Crippen LogP contribution < -0.4 is 0 Å². The molecule has 2 aromatic rings. The van der Waals surface area contributed by atoms with E-state index in [0.29, 0.717) is 36.9 Å². The molecule has 1 amide bonds. The maximum atomic E-state index is 12.9. The molecule has 2 heterocycles. The normalized spacial score (nSPS) is 16.7. The average molecular weight is 389 g/mol. The fourth-order valence-electron chi connectivity index (χ4n) is 3.01. The van der Waals surface area contributed by atoms with E-state index in [0.717, 1.165) is 11.3 Å². The number of halogens is 1. The van der Waals surface area contributed by atoms with E-state index in [1.54, 1.807) is 12.1 Å². The molecule has 1 aliphatic rings. The highest BCUT2D eigenvalue weighted by Crippen LogP contribution is 2.24. The summed E-state index contributed by atoms with van der Waals surface area (Å²) in [6.45, 7) is 7.24. The van der Waals surface area contributed by atoms with Crippen LogP contribution in [0.3, 0.4) is 0 Å². The summed E-state index contributed by atoms with van der Waals surface area (Å²) in [6.07, 6.45) is 0.864. The average Bonchev–Trinajstić information content (AvgIpc) is 3.22. The Balaban J connectivity index is 1.67. The number of furan rings is 1. The molecule has 0 bridgehead atoms. The van der Waals surface area contributed by atoms with E-state index in [1.165, 1.54) is 0 Å². The van der Waals surface area contributed by atoms with Gasteiger partial charge in [-0.1, -0.05) is 56.3 Å². The van der Waals surface area contributed by atoms with Gasteiger partial charge in [-0.15, -0.1) is 0 Å². The molecule has 0 saturated heterocycles. The van der Waals surface area contributed by atoms with Gasteiger partial charge in [0.25, 0.3) is 0 Å². The molecule has 3 rings (SSSR count). The van der Waals surface area contributed by atoms with Gasteiger partial charge >= 0.3 is 0 Å². The van der Waals surface area contributed by atoms with Crippen LogP contribution in [0.4, 0.5) is 0 Å². The number of carbonyl (C=O) groups is 1. The largest absolute Gasteiger partial charge is 0.443 e. The van der Waals surface area contributed by atoms with Gasteiger partial charge in [0.15, 0.2) is 17.1 Å². The van der Waals surface area contributed by atoms with Crippen LogP contribution in [0.1, 0.15) is 44.9 Å². The lowest BCUT2D eigenvalue weighted by Crippen LogP contribution is -2.38. The Morgan fingerprint density at radius 2 is 1.96 bits per heavy atom. The van der Waals surface area contributed by atoms with Crippen molar-refractivity contribution in [3.05, 3.63) is 59.0 Å². The van der Waals surface area contributed by atoms with Crippen LogP contribution in [-0.4, -0.2) is 29.2 Å². The van der Waals surface area contributed by atoms with Crippen LogP contribution in [0.5, 0.6) is 0 Å². The third-order valence-electron chi connectivity index (χ3n) is 4.27.